The molecule has 0 bridgehead atoms. The number of fused-ring (bicyclic) bond motifs is 10. The summed E-state index contributed by atoms with van der Waals surface area (Å²) >= 11 is 0. The fraction of sp³-hybridized carbons (Fsp3) is 0.0777. The Morgan fingerprint density at radius 1 is 0.266 bits per heavy atom. The van der Waals surface area contributed by atoms with Gasteiger partial charge in [0.15, 0.2) is 18.6 Å². The standard InChI is InChI=1S/C37H29N2.C35H27N2.C31H25N2.5H2/c1-5-6-7-10-28-14-21-37-34(24-28)33-23-26(2)12-20-36(33)39(37)31-18-16-29(17-19-31)30-15-13-27(3)32(25-30)35-11-8-9-22-38(35)4;1-24-18-19-25(23-31(24)32-15-9-10-22-36(32)2)26-20-21-35(28-12-4-3-11-27(26)28)37-33-16-7-5-13-29(33)30-14-6-8-17-34(30)37;1-22-17-18-24(21-28(22)29-14-7-8-19-32(29)2)23-10-9-11-25(20-23)33-30-15-5-3-12-26(30)27-13-4-6-16-31(27)33;;;;;/h8-9,11-25H,1-4H3;3-23H,1-2H3;3-21H,1-2H3;5*1H/q3*+1;;;;;. The van der Waals surface area contributed by atoms with Crippen molar-refractivity contribution < 1.29 is 20.8 Å². The maximum Gasteiger partial charge on any atom is 0.212 e. The number of rotatable bonds is 9. The first kappa shape index (κ1) is 68.2. The van der Waals surface area contributed by atoms with Gasteiger partial charge in [0.1, 0.15) is 21.1 Å². The lowest BCUT2D eigenvalue weighted by Gasteiger charge is -2.15. The molecule has 530 valence electrons. The number of aryl methyl sites for hydroxylation is 7. The summed E-state index contributed by atoms with van der Waals surface area (Å²) in [5, 5.41) is 10.1. The van der Waals surface area contributed by atoms with Crippen LogP contribution in [0.2, 0.25) is 0 Å². The molecule has 19 rings (SSSR count). The Morgan fingerprint density at radius 2 is 0.679 bits per heavy atom. The van der Waals surface area contributed by atoms with Crippen LogP contribution in [0, 0.1) is 51.4 Å². The average molecular weight is 1410 g/mol. The smallest absolute Gasteiger partial charge is 0.212 e. The van der Waals surface area contributed by atoms with Gasteiger partial charge in [0.05, 0.1) is 38.8 Å². The molecule has 19 aromatic rings. The lowest BCUT2D eigenvalue weighted by Crippen LogP contribution is -2.30. The summed E-state index contributed by atoms with van der Waals surface area (Å²) in [5.41, 5.74) is 31.6. The summed E-state index contributed by atoms with van der Waals surface area (Å²) in [4.78, 5) is 0. The van der Waals surface area contributed by atoms with Gasteiger partial charge >= 0.3 is 0 Å². The van der Waals surface area contributed by atoms with Crippen LogP contribution >= 0.6 is 0 Å². The van der Waals surface area contributed by atoms with Gasteiger partial charge < -0.3 is 13.7 Å². The highest BCUT2D eigenvalue weighted by Crippen LogP contribution is 2.41. The molecule has 0 saturated heterocycles. The average Bonchev–Trinajstić information content (AvgIpc) is 1.58. The van der Waals surface area contributed by atoms with Gasteiger partial charge in [-0.1, -0.05) is 187 Å². The highest BCUT2D eigenvalue weighted by atomic mass is 15.0. The molecule has 0 unspecified atom stereocenters. The largest absolute Gasteiger partial charge is 0.309 e. The Labute approximate surface area is 644 Å². The van der Waals surface area contributed by atoms with Crippen molar-refractivity contribution in [2.45, 2.75) is 34.6 Å². The molecule has 0 aliphatic carbocycles. The number of pyridine rings is 3. The van der Waals surface area contributed by atoms with E-state index in [9.17, 15) is 0 Å². The molecular formula is C103H91N6+3. The zero-order chi connectivity index (χ0) is 74.2. The van der Waals surface area contributed by atoms with E-state index in [-0.39, 0.29) is 7.13 Å². The molecule has 6 heterocycles. The maximum absolute atomic E-state index is 3.18. The zero-order valence-corrected chi connectivity index (χ0v) is 62.6. The maximum atomic E-state index is 3.18. The van der Waals surface area contributed by atoms with E-state index in [0.29, 0.717) is 0 Å². The van der Waals surface area contributed by atoms with E-state index in [2.05, 4.69) is 446 Å². The van der Waals surface area contributed by atoms with E-state index in [1.54, 1.807) is 6.92 Å². The second-order valence-corrected chi connectivity index (χ2v) is 28.4. The highest BCUT2D eigenvalue weighted by molar-refractivity contribution is 6.13. The van der Waals surface area contributed by atoms with Crippen molar-refractivity contribution in [1.82, 2.24) is 13.7 Å². The van der Waals surface area contributed by atoms with E-state index < -0.39 is 0 Å². The molecule has 6 nitrogen and oxygen atoms in total. The summed E-state index contributed by atoms with van der Waals surface area (Å²) in [6.07, 6.45) is 6.31. The predicted molar refractivity (Wildman–Crippen MR) is 466 cm³/mol. The molecule has 0 aliphatic heterocycles. The van der Waals surface area contributed by atoms with E-state index in [0.717, 1.165) is 11.3 Å². The van der Waals surface area contributed by atoms with Gasteiger partial charge in [0.25, 0.3) is 0 Å². The van der Waals surface area contributed by atoms with Crippen LogP contribution in [-0.4, -0.2) is 13.7 Å². The van der Waals surface area contributed by atoms with Gasteiger partial charge in [0.2, 0.25) is 17.1 Å². The summed E-state index contributed by atoms with van der Waals surface area (Å²) < 4.78 is 13.7. The molecule has 0 spiro atoms. The Morgan fingerprint density at radius 3 is 1.20 bits per heavy atom. The third-order valence-electron chi connectivity index (χ3n) is 21.5. The molecule has 6 aromatic heterocycles. The SMILES string of the molecule is CC#CC#Cc1ccc2c(c1)c1cc(C)ccc1n2-c1ccc(-c2ccc(C)c(-c3cccc[n+]3C)c2)cc1.Cc1ccc(-c2ccc(-n3c4ccccc4c4ccccc43)c3ccccc23)cc1-c1cccc[n+]1C.Cc1ccc(-c2cccc(-n3c4ccccc4c4ccccc43)c2)cc1-c1cccc[n+]1C.[HH].[HH].[HH].[HH].[HH]. The van der Waals surface area contributed by atoms with E-state index in [1.807, 2.05) is 0 Å². The molecule has 0 N–H and O–H groups in total. The second kappa shape index (κ2) is 29.2. The third kappa shape index (κ3) is 12.9. The fourth-order valence-electron chi connectivity index (χ4n) is 16.0. The summed E-state index contributed by atoms with van der Waals surface area (Å²) in [6.45, 7) is 10.5. The number of benzene rings is 13. The lowest BCUT2D eigenvalue weighted by atomic mass is 9.93. The Kier molecular flexibility index (Phi) is 18.3. The summed E-state index contributed by atoms with van der Waals surface area (Å²) in [7, 11) is 6.31. The monoisotopic (exact) mass is 1410 g/mol. The van der Waals surface area contributed by atoms with Crippen molar-refractivity contribution in [3.63, 3.8) is 0 Å². The van der Waals surface area contributed by atoms with Crippen molar-refractivity contribution in [2.24, 2.45) is 21.1 Å². The van der Waals surface area contributed by atoms with Gasteiger partial charge in [-0.2, -0.15) is 0 Å². The van der Waals surface area contributed by atoms with Crippen molar-refractivity contribution in [1.29, 1.82) is 0 Å². The third-order valence-corrected chi connectivity index (χ3v) is 21.5. The van der Waals surface area contributed by atoms with Crippen LogP contribution in [0.5, 0.6) is 0 Å². The van der Waals surface area contributed by atoms with Gasteiger partial charge in [-0.05, 0) is 223 Å². The van der Waals surface area contributed by atoms with Crippen LogP contribution in [0.1, 0.15) is 41.9 Å². The minimum absolute atomic E-state index is 0. The van der Waals surface area contributed by atoms with E-state index in [4.69, 9.17) is 0 Å². The first-order chi connectivity index (χ1) is 53.4. The summed E-state index contributed by atoms with van der Waals surface area (Å²) in [6, 6.07) is 118. The molecule has 0 fully saturated rings. The molecule has 0 saturated carbocycles. The number of para-hydroxylation sites is 4. The van der Waals surface area contributed by atoms with Gasteiger partial charge in [-0.25, -0.2) is 13.7 Å². The molecule has 0 atom stereocenters. The second-order valence-electron chi connectivity index (χ2n) is 28.4. The first-order valence-electron chi connectivity index (χ1n) is 37.3. The Hall–Kier alpha value is -13.9. The highest BCUT2D eigenvalue weighted by Gasteiger charge is 2.22. The molecule has 6 heteroatoms. The summed E-state index contributed by atoms with van der Waals surface area (Å²) in [5.74, 6) is 11.8. The topological polar surface area (TPSA) is 26.4 Å². The quantitative estimate of drug-likeness (QED) is 0.102. The van der Waals surface area contributed by atoms with Crippen LogP contribution in [0.25, 0.3) is 160 Å². The molecule has 0 amide bonds. The Balaban J connectivity index is 0.000000155. The van der Waals surface area contributed by atoms with Crippen LogP contribution in [-0.2, 0) is 21.1 Å². The normalized spacial score (nSPS) is 11.2. The number of aromatic nitrogens is 6. The van der Waals surface area contributed by atoms with Crippen molar-refractivity contribution >= 4 is 76.2 Å². The van der Waals surface area contributed by atoms with Crippen LogP contribution in [0.15, 0.2) is 346 Å². The van der Waals surface area contributed by atoms with Crippen molar-refractivity contribution in [3.05, 3.63) is 374 Å². The number of nitrogens with zero attached hydrogens (tertiary/aromatic N) is 6. The van der Waals surface area contributed by atoms with Crippen LogP contribution < -0.4 is 13.7 Å². The van der Waals surface area contributed by atoms with Gasteiger partial charge in [0, 0.05) is 115 Å². The van der Waals surface area contributed by atoms with Crippen molar-refractivity contribution in [3.8, 4) is 108 Å². The van der Waals surface area contributed by atoms with Gasteiger partial charge in [-0.15, -0.1) is 0 Å². The molecule has 0 aliphatic rings. The molecule has 0 radical (unpaired) electrons. The molecule has 13 aromatic carbocycles. The Bertz CT molecular complexity index is 6840. The minimum atomic E-state index is 0. The zero-order valence-electron chi connectivity index (χ0n) is 62.6. The van der Waals surface area contributed by atoms with E-state index in [1.165, 1.54) is 177 Å². The van der Waals surface area contributed by atoms with Crippen molar-refractivity contribution in [2.75, 3.05) is 0 Å². The van der Waals surface area contributed by atoms with E-state index >= 15 is 0 Å². The molecular weight excluding hydrogens is 1320 g/mol. The molecule has 109 heavy (non-hydrogen) atoms. The van der Waals surface area contributed by atoms with Crippen LogP contribution in [0.3, 0.4) is 0 Å². The minimum Gasteiger partial charge on any atom is -0.309 e. The lowest BCUT2D eigenvalue weighted by molar-refractivity contribution is -0.660. The van der Waals surface area contributed by atoms with Gasteiger partial charge in [-0.3, -0.25) is 0 Å². The first-order valence-corrected chi connectivity index (χ1v) is 37.3. The number of hydrogen-bond donors (Lipinski definition) is 0. The predicted octanol–water partition coefficient (Wildman–Crippen LogP) is 24.8. The number of hydrogen-bond acceptors (Lipinski definition) is 0. The van der Waals surface area contributed by atoms with Crippen LogP contribution in [0.4, 0.5) is 0 Å². The fourth-order valence-corrected chi connectivity index (χ4v) is 16.0.